The monoisotopic (exact) mass is 197 g/mol. The lowest BCUT2D eigenvalue weighted by Gasteiger charge is -1.90. The van der Waals surface area contributed by atoms with Crippen molar-refractivity contribution >= 4 is 21.4 Å². The third kappa shape index (κ3) is 0.806. The van der Waals surface area contributed by atoms with Gasteiger partial charge in [-0.3, -0.25) is 0 Å². The Morgan fingerprint density at radius 3 is 3.30 bits per heavy atom. The van der Waals surface area contributed by atoms with Crippen molar-refractivity contribution in [3.8, 4) is 0 Å². The van der Waals surface area contributed by atoms with Crippen LogP contribution in [-0.2, 0) is 0 Å². The van der Waals surface area contributed by atoms with Crippen LogP contribution in [0.2, 0.25) is 0 Å². The molecule has 0 fully saturated rings. The van der Waals surface area contributed by atoms with E-state index in [1.807, 2.05) is 12.3 Å². The zero-order valence-electron chi connectivity index (χ0n) is 5.03. The van der Waals surface area contributed by atoms with E-state index in [0.29, 0.717) is 0 Å². The molecule has 0 N–H and O–H groups in total. The van der Waals surface area contributed by atoms with Gasteiger partial charge in [0.1, 0.15) is 4.60 Å². The first-order valence-corrected chi connectivity index (χ1v) is 3.60. The van der Waals surface area contributed by atoms with Gasteiger partial charge in [0.2, 0.25) is 0 Å². The lowest BCUT2D eigenvalue weighted by atomic mass is 10.5. The Morgan fingerprint density at radius 2 is 2.40 bits per heavy atom. The molecule has 0 aliphatic carbocycles. The number of halogens is 1. The van der Waals surface area contributed by atoms with E-state index in [0.717, 1.165) is 10.1 Å². The van der Waals surface area contributed by atoms with Crippen molar-refractivity contribution in [2.75, 3.05) is 0 Å². The van der Waals surface area contributed by atoms with Crippen molar-refractivity contribution < 1.29 is 0 Å². The molecular weight excluding hydrogens is 194 g/mol. The smallest absolute Gasteiger partial charge is 0.124 e. The van der Waals surface area contributed by atoms with Gasteiger partial charge in [-0.25, -0.2) is 9.50 Å². The largest absolute Gasteiger partial charge is 0.245 e. The summed E-state index contributed by atoms with van der Waals surface area (Å²) in [6, 6.07) is 1.90. The molecule has 0 radical (unpaired) electrons. The number of rotatable bonds is 0. The van der Waals surface area contributed by atoms with E-state index >= 15 is 0 Å². The zero-order chi connectivity index (χ0) is 6.97. The molecule has 2 aromatic heterocycles. The van der Waals surface area contributed by atoms with E-state index in [4.69, 9.17) is 0 Å². The molecule has 0 aliphatic heterocycles. The van der Waals surface area contributed by atoms with E-state index in [1.165, 1.54) is 0 Å². The maximum atomic E-state index is 4.04. The standard InChI is InChI=1S/C6H4BrN3/c7-6-4-10-5(3-8-6)1-2-9-10/h1-4H. The van der Waals surface area contributed by atoms with Crippen LogP contribution in [0.4, 0.5) is 0 Å². The molecule has 2 rings (SSSR count). The molecule has 0 saturated heterocycles. The van der Waals surface area contributed by atoms with Gasteiger partial charge in [0.25, 0.3) is 0 Å². The summed E-state index contributed by atoms with van der Waals surface area (Å²) in [4.78, 5) is 4.04. The summed E-state index contributed by atoms with van der Waals surface area (Å²) in [7, 11) is 0. The van der Waals surface area contributed by atoms with Crippen molar-refractivity contribution in [1.82, 2.24) is 14.6 Å². The summed E-state index contributed by atoms with van der Waals surface area (Å²) in [6.07, 6.45) is 5.32. The van der Waals surface area contributed by atoms with Crippen molar-refractivity contribution in [3.63, 3.8) is 0 Å². The summed E-state index contributed by atoms with van der Waals surface area (Å²) >= 11 is 3.25. The third-order valence-electron chi connectivity index (χ3n) is 1.25. The Labute approximate surface area is 65.8 Å². The van der Waals surface area contributed by atoms with Gasteiger partial charge >= 0.3 is 0 Å². The molecule has 0 spiro atoms. The molecular formula is C6H4BrN3. The molecule has 4 heteroatoms. The number of aromatic nitrogens is 3. The fourth-order valence-electron chi connectivity index (χ4n) is 0.797. The highest BCUT2D eigenvalue weighted by atomic mass is 79.9. The maximum absolute atomic E-state index is 4.04. The summed E-state index contributed by atoms with van der Waals surface area (Å²) in [6.45, 7) is 0. The number of fused-ring (bicyclic) bond motifs is 1. The van der Waals surface area contributed by atoms with E-state index in [2.05, 4.69) is 26.0 Å². The van der Waals surface area contributed by atoms with Crippen molar-refractivity contribution in [3.05, 3.63) is 29.3 Å². The van der Waals surface area contributed by atoms with Gasteiger partial charge in [-0.05, 0) is 22.0 Å². The summed E-state index contributed by atoms with van der Waals surface area (Å²) in [5, 5.41) is 4.03. The minimum absolute atomic E-state index is 0.795. The second-order valence-electron chi connectivity index (χ2n) is 1.91. The normalized spacial score (nSPS) is 10.5. The molecule has 10 heavy (non-hydrogen) atoms. The molecule has 0 unspecified atom stereocenters. The van der Waals surface area contributed by atoms with Gasteiger partial charge in [0.15, 0.2) is 0 Å². The van der Waals surface area contributed by atoms with Gasteiger partial charge in [-0.1, -0.05) is 0 Å². The fraction of sp³-hybridized carbons (Fsp3) is 0. The summed E-state index contributed by atoms with van der Waals surface area (Å²) < 4.78 is 2.56. The lowest BCUT2D eigenvalue weighted by molar-refractivity contribution is 0.937. The van der Waals surface area contributed by atoms with E-state index in [9.17, 15) is 0 Å². The van der Waals surface area contributed by atoms with Crippen LogP contribution in [0, 0.1) is 0 Å². The Hall–Kier alpha value is -0.900. The van der Waals surface area contributed by atoms with E-state index in [1.54, 1.807) is 16.9 Å². The first kappa shape index (κ1) is 5.85. The highest BCUT2D eigenvalue weighted by Crippen LogP contribution is 2.06. The van der Waals surface area contributed by atoms with Gasteiger partial charge in [-0.15, -0.1) is 0 Å². The predicted octanol–water partition coefficient (Wildman–Crippen LogP) is 1.49. The van der Waals surface area contributed by atoms with Crippen LogP contribution in [0.25, 0.3) is 5.52 Å². The Kier molecular flexibility index (Phi) is 1.20. The van der Waals surface area contributed by atoms with Crippen LogP contribution in [0.3, 0.4) is 0 Å². The SMILES string of the molecule is Brc1cn2nccc2cn1. The van der Waals surface area contributed by atoms with Crippen LogP contribution in [0.5, 0.6) is 0 Å². The lowest BCUT2D eigenvalue weighted by Crippen LogP contribution is -1.86. The zero-order valence-corrected chi connectivity index (χ0v) is 6.62. The third-order valence-corrected chi connectivity index (χ3v) is 1.66. The molecule has 3 nitrogen and oxygen atoms in total. The fourth-order valence-corrected chi connectivity index (χ4v) is 1.09. The molecule has 0 saturated carbocycles. The van der Waals surface area contributed by atoms with Crippen LogP contribution in [0.1, 0.15) is 0 Å². The highest BCUT2D eigenvalue weighted by molar-refractivity contribution is 9.10. The van der Waals surface area contributed by atoms with Gasteiger partial charge < -0.3 is 0 Å². The van der Waals surface area contributed by atoms with Crippen LogP contribution < -0.4 is 0 Å². The molecule has 0 aliphatic rings. The first-order valence-electron chi connectivity index (χ1n) is 2.81. The average molecular weight is 198 g/mol. The second kappa shape index (κ2) is 2.05. The molecule has 0 atom stereocenters. The van der Waals surface area contributed by atoms with Gasteiger partial charge in [0, 0.05) is 0 Å². The molecule has 50 valence electrons. The van der Waals surface area contributed by atoms with E-state index in [-0.39, 0.29) is 0 Å². The van der Waals surface area contributed by atoms with E-state index < -0.39 is 0 Å². The minimum Gasteiger partial charge on any atom is -0.245 e. The first-order chi connectivity index (χ1) is 4.86. The Bertz CT molecular complexity index is 355. The Balaban J connectivity index is 2.86. The van der Waals surface area contributed by atoms with Crippen LogP contribution in [-0.4, -0.2) is 14.6 Å². The minimum atomic E-state index is 0.795. The number of hydrogen-bond donors (Lipinski definition) is 0. The molecule has 0 amide bonds. The highest BCUT2D eigenvalue weighted by Gasteiger charge is 1.92. The molecule has 0 aromatic carbocycles. The molecule has 2 heterocycles. The van der Waals surface area contributed by atoms with Crippen LogP contribution >= 0.6 is 15.9 Å². The van der Waals surface area contributed by atoms with Crippen molar-refractivity contribution in [2.24, 2.45) is 0 Å². The topological polar surface area (TPSA) is 30.2 Å². The Morgan fingerprint density at radius 1 is 1.50 bits per heavy atom. The molecule has 0 bridgehead atoms. The maximum Gasteiger partial charge on any atom is 0.124 e. The predicted molar refractivity (Wildman–Crippen MR) is 40.7 cm³/mol. The van der Waals surface area contributed by atoms with Gasteiger partial charge in [-0.2, -0.15) is 5.10 Å². The van der Waals surface area contributed by atoms with Crippen LogP contribution in [0.15, 0.2) is 29.3 Å². The number of nitrogens with zero attached hydrogens (tertiary/aromatic N) is 3. The average Bonchev–Trinajstić information content (AvgIpc) is 2.33. The van der Waals surface area contributed by atoms with Gasteiger partial charge in [0.05, 0.1) is 24.1 Å². The summed E-state index contributed by atoms with van der Waals surface area (Å²) in [5.41, 5.74) is 1.00. The van der Waals surface area contributed by atoms with Crippen molar-refractivity contribution in [2.45, 2.75) is 0 Å². The molecule has 2 aromatic rings. The quantitative estimate of drug-likeness (QED) is 0.641. The summed E-state index contributed by atoms with van der Waals surface area (Å²) in [5.74, 6) is 0. The number of hydrogen-bond acceptors (Lipinski definition) is 2. The van der Waals surface area contributed by atoms with Crippen molar-refractivity contribution in [1.29, 1.82) is 0 Å². The second-order valence-corrected chi connectivity index (χ2v) is 2.72.